The minimum absolute atomic E-state index is 0.478. The third-order valence-corrected chi connectivity index (χ3v) is 6.42. The van der Waals surface area contributed by atoms with Gasteiger partial charge >= 0.3 is 0 Å². The molecule has 4 aliphatic carbocycles. The summed E-state index contributed by atoms with van der Waals surface area (Å²) < 4.78 is 5.53. The van der Waals surface area contributed by atoms with Gasteiger partial charge in [0.25, 0.3) is 0 Å². The molecule has 3 atom stereocenters. The second-order valence-electron chi connectivity index (χ2n) is 9.02. The number of nitrogens with one attached hydrogen (secondary N) is 1. The van der Waals surface area contributed by atoms with Gasteiger partial charge in [-0.05, 0) is 67.6 Å². The highest BCUT2D eigenvalue weighted by molar-refractivity contribution is 5.14. The van der Waals surface area contributed by atoms with Gasteiger partial charge < -0.3 is 10.1 Å². The Bertz CT molecular complexity index is 355. The lowest BCUT2D eigenvalue weighted by atomic mass is 9.43. The zero-order valence-corrected chi connectivity index (χ0v) is 12.6. The molecule has 0 spiro atoms. The zero-order chi connectivity index (χ0) is 13.1. The van der Waals surface area contributed by atoms with Crippen LogP contribution >= 0.6 is 0 Å². The summed E-state index contributed by atoms with van der Waals surface area (Å²) in [6.07, 6.45) is 10.1. The van der Waals surface area contributed by atoms with E-state index in [1.165, 1.54) is 51.5 Å². The minimum Gasteiger partial charge on any atom is -0.381 e. The van der Waals surface area contributed by atoms with Crippen molar-refractivity contribution in [2.24, 2.45) is 22.7 Å². The first-order valence-electron chi connectivity index (χ1n) is 8.31. The van der Waals surface area contributed by atoms with E-state index < -0.39 is 0 Å². The van der Waals surface area contributed by atoms with Crippen LogP contribution in [0.25, 0.3) is 0 Å². The topological polar surface area (TPSA) is 21.3 Å². The second kappa shape index (κ2) is 3.98. The summed E-state index contributed by atoms with van der Waals surface area (Å²) in [5, 5.41) is 4.04. The molecule has 0 aromatic rings. The van der Waals surface area contributed by atoms with Crippen molar-refractivity contribution in [3.05, 3.63) is 0 Å². The van der Waals surface area contributed by atoms with Crippen LogP contribution in [0.15, 0.2) is 0 Å². The van der Waals surface area contributed by atoms with E-state index in [2.05, 4.69) is 19.2 Å². The molecule has 2 nitrogen and oxygen atoms in total. The molecule has 1 N–H and O–H groups in total. The van der Waals surface area contributed by atoms with E-state index >= 15 is 0 Å². The van der Waals surface area contributed by atoms with Crippen LogP contribution in [0.4, 0.5) is 0 Å². The van der Waals surface area contributed by atoms with Crippen molar-refractivity contribution in [3.8, 4) is 0 Å². The average Bonchev–Trinajstić information content (AvgIpc) is 2.73. The van der Waals surface area contributed by atoms with Gasteiger partial charge in [-0.3, -0.25) is 0 Å². The van der Waals surface area contributed by atoms with E-state index in [0.29, 0.717) is 16.4 Å². The molecule has 108 valence electrons. The molecule has 0 aromatic carbocycles. The highest BCUT2D eigenvalue weighted by Crippen LogP contribution is 2.66. The maximum Gasteiger partial charge on any atom is 0.0507 e. The Morgan fingerprint density at radius 3 is 2.37 bits per heavy atom. The highest BCUT2D eigenvalue weighted by atomic mass is 16.5. The minimum atomic E-state index is 0.478. The van der Waals surface area contributed by atoms with Gasteiger partial charge in [-0.15, -0.1) is 0 Å². The molecule has 0 amide bonds. The molecule has 1 heterocycles. The van der Waals surface area contributed by atoms with Crippen LogP contribution in [0, 0.1) is 22.7 Å². The molecule has 5 fully saturated rings. The van der Waals surface area contributed by atoms with Gasteiger partial charge in [0.2, 0.25) is 0 Å². The van der Waals surface area contributed by atoms with Crippen LogP contribution in [0.1, 0.15) is 58.8 Å². The molecule has 4 bridgehead atoms. The van der Waals surface area contributed by atoms with Crippen LogP contribution in [-0.2, 0) is 4.74 Å². The van der Waals surface area contributed by atoms with Crippen LogP contribution in [-0.4, -0.2) is 25.3 Å². The van der Waals surface area contributed by atoms with E-state index in [-0.39, 0.29) is 0 Å². The quantitative estimate of drug-likeness (QED) is 0.843. The smallest absolute Gasteiger partial charge is 0.0507 e. The molecule has 5 aliphatic rings. The molecule has 19 heavy (non-hydrogen) atoms. The predicted octanol–water partition coefficient (Wildman–Crippen LogP) is 3.36. The number of hydrogen-bond acceptors (Lipinski definition) is 2. The molecule has 2 heteroatoms. The molecule has 5 rings (SSSR count). The Balaban J connectivity index is 1.50. The van der Waals surface area contributed by atoms with Crippen molar-refractivity contribution in [1.29, 1.82) is 0 Å². The summed E-state index contributed by atoms with van der Waals surface area (Å²) in [7, 11) is 0. The lowest BCUT2D eigenvalue weighted by Gasteiger charge is -2.65. The summed E-state index contributed by atoms with van der Waals surface area (Å²) in [4.78, 5) is 0. The molecular weight excluding hydrogens is 234 g/mol. The molecule has 1 saturated heterocycles. The molecule has 0 aromatic heterocycles. The Morgan fingerprint density at radius 2 is 1.79 bits per heavy atom. The van der Waals surface area contributed by atoms with Crippen molar-refractivity contribution in [2.75, 3.05) is 19.8 Å². The van der Waals surface area contributed by atoms with E-state index in [1.807, 2.05) is 0 Å². The number of ether oxygens (including phenoxy) is 1. The summed E-state index contributed by atoms with van der Waals surface area (Å²) in [6, 6.07) is 0. The molecule has 4 saturated carbocycles. The fourth-order valence-corrected chi connectivity index (χ4v) is 6.75. The third-order valence-electron chi connectivity index (χ3n) is 6.42. The summed E-state index contributed by atoms with van der Waals surface area (Å²) in [5.74, 6) is 1.77. The monoisotopic (exact) mass is 263 g/mol. The maximum absolute atomic E-state index is 5.53. The first-order chi connectivity index (χ1) is 8.99. The summed E-state index contributed by atoms with van der Waals surface area (Å²) >= 11 is 0. The van der Waals surface area contributed by atoms with Crippen molar-refractivity contribution in [2.45, 2.75) is 64.3 Å². The van der Waals surface area contributed by atoms with Gasteiger partial charge in [-0.1, -0.05) is 13.8 Å². The van der Waals surface area contributed by atoms with Gasteiger partial charge in [0, 0.05) is 18.7 Å². The Kier molecular flexibility index (Phi) is 2.65. The molecule has 3 unspecified atom stereocenters. The standard InChI is InChI=1S/C17H29NO/c1-15-5-14-6-16(2,10-15)12-17(7-14,11-15)18-8-13-3-4-19-9-13/h13-14,18H,3-12H2,1-2H3. The average molecular weight is 263 g/mol. The van der Waals surface area contributed by atoms with Crippen molar-refractivity contribution >= 4 is 0 Å². The van der Waals surface area contributed by atoms with Gasteiger partial charge in [-0.2, -0.15) is 0 Å². The Labute approximate surface area is 117 Å². The predicted molar refractivity (Wildman–Crippen MR) is 77.1 cm³/mol. The lowest BCUT2D eigenvalue weighted by molar-refractivity contribution is -0.118. The zero-order valence-electron chi connectivity index (χ0n) is 12.6. The van der Waals surface area contributed by atoms with E-state index in [9.17, 15) is 0 Å². The van der Waals surface area contributed by atoms with Crippen LogP contribution < -0.4 is 5.32 Å². The summed E-state index contributed by atoms with van der Waals surface area (Å²) in [6.45, 7) is 8.28. The lowest BCUT2D eigenvalue weighted by Crippen LogP contribution is -2.64. The van der Waals surface area contributed by atoms with Crippen LogP contribution in [0.5, 0.6) is 0 Å². The van der Waals surface area contributed by atoms with E-state index in [1.54, 1.807) is 0 Å². The Hall–Kier alpha value is -0.0800. The van der Waals surface area contributed by atoms with E-state index in [0.717, 1.165) is 25.0 Å². The van der Waals surface area contributed by atoms with Gasteiger partial charge in [-0.25, -0.2) is 0 Å². The normalized spacial score (nSPS) is 55.9. The first-order valence-corrected chi connectivity index (χ1v) is 8.31. The summed E-state index contributed by atoms with van der Waals surface area (Å²) in [5.41, 5.74) is 1.74. The number of hydrogen-bond donors (Lipinski definition) is 1. The fourth-order valence-electron chi connectivity index (χ4n) is 6.75. The maximum atomic E-state index is 5.53. The van der Waals surface area contributed by atoms with Crippen molar-refractivity contribution in [3.63, 3.8) is 0 Å². The Morgan fingerprint density at radius 1 is 1.05 bits per heavy atom. The van der Waals surface area contributed by atoms with Crippen LogP contribution in [0.2, 0.25) is 0 Å². The van der Waals surface area contributed by atoms with Crippen molar-refractivity contribution < 1.29 is 4.74 Å². The largest absolute Gasteiger partial charge is 0.381 e. The molecule has 1 aliphatic heterocycles. The van der Waals surface area contributed by atoms with Crippen molar-refractivity contribution in [1.82, 2.24) is 5.32 Å². The van der Waals surface area contributed by atoms with Gasteiger partial charge in [0.15, 0.2) is 0 Å². The highest BCUT2D eigenvalue weighted by Gasteiger charge is 2.59. The number of rotatable bonds is 3. The third kappa shape index (κ3) is 2.15. The van der Waals surface area contributed by atoms with Crippen LogP contribution in [0.3, 0.4) is 0 Å². The first kappa shape index (κ1) is 12.6. The van der Waals surface area contributed by atoms with Gasteiger partial charge in [0.05, 0.1) is 6.61 Å². The second-order valence-corrected chi connectivity index (χ2v) is 9.02. The van der Waals surface area contributed by atoms with E-state index in [4.69, 9.17) is 4.74 Å². The van der Waals surface area contributed by atoms with Gasteiger partial charge in [0.1, 0.15) is 0 Å². The fraction of sp³-hybridized carbons (Fsp3) is 1.00. The SMILES string of the molecule is CC12CC3CC(C)(C1)CC(NCC1CCOC1)(C3)C2. The molecule has 0 radical (unpaired) electrons. The molecular formula is C17H29NO.